The zero-order valence-corrected chi connectivity index (χ0v) is 8.54. The maximum atomic E-state index is 10.9. The van der Waals surface area contributed by atoms with Gasteiger partial charge in [-0.3, -0.25) is 0 Å². The van der Waals surface area contributed by atoms with Crippen LogP contribution in [0.15, 0.2) is 12.1 Å². The number of benzene rings is 1. The molecule has 15 heavy (non-hydrogen) atoms. The van der Waals surface area contributed by atoms with E-state index in [4.69, 9.17) is 15.3 Å². The van der Waals surface area contributed by atoms with Crippen LogP contribution in [0.4, 0.5) is 0 Å². The molecule has 0 aliphatic carbocycles. The summed E-state index contributed by atoms with van der Waals surface area (Å²) in [6, 6.07) is 1.98. The van der Waals surface area contributed by atoms with Crippen LogP contribution in [0.2, 0.25) is 0 Å². The summed E-state index contributed by atoms with van der Waals surface area (Å²) in [5, 5.41) is 26.9. The summed E-state index contributed by atoms with van der Waals surface area (Å²) in [5.74, 6) is -2.56. The standard InChI is InChI=1S/C7H6O5.Al.2H2O/c8-4-1-3(7(11)12)2-5(9)6(4)10;;;/h1-2,8-10H,(H,11,12);;2*1H2/q;+1;;/p-1. The number of hydrogen-bond acceptors (Lipinski definition) is 5. The van der Waals surface area contributed by atoms with Crippen LogP contribution < -0.4 is 0 Å². The van der Waals surface area contributed by atoms with E-state index in [2.05, 4.69) is 3.79 Å². The second-order valence-corrected chi connectivity index (χ2v) is 2.50. The predicted molar refractivity (Wildman–Crippen MR) is 49.8 cm³/mol. The molecule has 7 N–H and O–H groups in total. The van der Waals surface area contributed by atoms with Crippen LogP contribution in [0, 0.1) is 0 Å². The lowest BCUT2D eigenvalue weighted by atomic mass is 10.2. The van der Waals surface area contributed by atoms with Gasteiger partial charge in [-0.2, -0.15) is 0 Å². The van der Waals surface area contributed by atoms with E-state index in [1.807, 2.05) is 0 Å². The van der Waals surface area contributed by atoms with Crippen LogP contribution in [0.5, 0.6) is 17.2 Å². The van der Waals surface area contributed by atoms with Crippen molar-refractivity contribution in [1.29, 1.82) is 0 Å². The summed E-state index contributed by atoms with van der Waals surface area (Å²) >= 11 is 1.74. The number of carbonyl (C=O) groups excluding carboxylic acids is 1. The van der Waals surface area contributed by atoms with E-state index in [1.165, 1.54) is 0 Å². The summed E-state index contributed by atoms with van der Waals surface area (Å²) in [4.78, 5) is 10.9. The van der Waals surface area contributed by atoms with Gasteiger partial charge in [0, 0.05) is 0 Å². The van der Waals surface area contributed by atoms with Gasteiger partial charge in [0.1, 0.15) is 0 Å². The molecule has 82 valence electrons. The fourth-order valence-corrected chi connectivity index (χ4v) is 0.926. The number of hydrogen-bond donors (Lipinski definition) is 3. The topological polar surface area (TPSA) is 150 Å². The number of aromatic hydroxyl groups is 3. The van der Waals surface area contributed by atoms with Crippen molar-refractivity contribution in [3.63, 3.8) is 0 Å². The Kier molecular flexibility index (Phi) is 6.51. The largest absolute Gasteiger partial charge is 0.625 e. The van der Waals surface area contributed by atoms with Crippen LogP contribution >= 0.6 is 0 Å². The van der Waals surface area contributed by atoms with E-state index >= 15 is 0 Å². The van der Waals surface area contributed by atoms with Gasteiger partial charge in [-0.1, -0.05) is 0 Å². The molecule has 1 aromatic carbocycles. The minimum atomic E-state index is -0.740. The van der Waals surface area contributed by atoms with Gasteiger partial charge in [-0.05, 0) is 12.1 Å². The van der Waals surface area contributed by atoms with E-state index in [-0.39, 0.29) is 16.5 Å². The van der Waals surface area contributed by atoms with E-state index in [1.54, 1.807) is 16.6 Å². The maximum absolute atomic E-state index is 10.9. The smallest absolute Gasteiger partial charge is 0.485 e. The third-order valence-electron chi connectivity index (χ3n) is 1.41. The summed E-state index contributed by atoms with van der Waals surface area (Å²) < 4.78 is 4.26. The molecule has 2 radical (unpaired) electrons. The molecule has 0 atom stereocenters. The van der Waals surface area contributed by atoms with E-state index in [0.29, 0.717) is 0 Å². The highest BCUT2D eigenvalue weighted by molar-refractivity contribution is 6.09. The summed E-state index contributed by atoms with van der Waals surface area (Å²) in [7, 11) is 0. The molecular weight excluding hydrogens is 223 g/mol. The Morgan fingerprint density at radius 3 is 1.87 bits per heavy atom. The molecule has 0 aliphatic heterocycles. The van der Waals surface area contributed by atoms with Crippen LogP contribution in [0.3, 0.4) is 0 Å². The first kappa shape index (κ1) is 16.0. The second-order valence-electron chi connectivity index (χ2n) is 2.27. The van der Waals surface area contributed by atoms with Gasteiger partial charge in [-0.25, -0.2) is 4.79 Å². The summed E-state index contributed by atoms with van der Waals surface area (Å²) in [6.07, 6.45) is 0. The van der Waals surface area contributed by atoms with Crippen molar-refractivity contribution in [2.75, 3.05) is 0 Å². The maximum Gasteiger partial charge on any atom is 0.485 e. The van der Waals surface area contributed by atoms with Crippen molar-refractivity contribution >= 4 is 22.6 Å². The Labute approximate surface area is 92.9 Å². The molecule has 1 aromatic rings. The average molecular weight is 232 g/mol. The molecule has 0 aromatic heterocycles. The van der Waals surface area contributed by atoms with Crippen molar-refractivity contribution < 1.29 is 34.9 Å². The number of rotatable bonds is 1. The fraction of sp³-hybridized carbons (Fsp3) is 0. The first-order valence-corrected chi connectivity index (χ1v) is 3.69. The minimum absolute atomic E-state index is 0. The van der Waals surface area contributed by atoms with Crippen LogP contribution in [0.25, 0.3) is 0 Å². The number of phenolic OH excluding ortho intramolecular Hbond substituents is 3. The van der Waals surface area contributed by atoms with Gasteiger partial charge in [0.25, 0.3) is 0 Å². The molecule has 0 saturated carbocycles. The lowest BCUT2D eigenvalue weighted by Gasteiger charge is -2.04. The number of phenols is 3. The lowest BCUT2D eigenvalue weighted by molar-refractivity contribution is 0.0748. The molecule has 0 heterocycles. The third-order valence-corrected chi connectivity index (χ3v) is 1.63. The van der Waals surface area contributed by atoms with E-state index < -0.39 is 23.2 Å². The van der Waals surface area contributed by atoms with Gasteiger partial charge < -0.3 is 30.1 Å². The predicted octanol–water partition coefficient (Wildman–Crippen LogP) is -1.61. The van der Waals surface area contributed by atoms with E-state index in [9.17, 15) is 4.79 Å². The SMILES string of the molecule is O.O.O=C([O][Al])c1cc(O)c(O)c(O)c1. The molecule has 0 saturated heterocycles. The van der Waals surface area contributed by atoms with Gasteiger partial charge in [0.15, 0.2) is 17.2 Å². The van der Waals surface area contributed by atoms with Gasteiger partial charge >= 0.3 is 22.6 Å². The first-order valence-electron chi connectivity index (χ1n) is 3.22. The summed E-state index contributed by atoms with van der Waals surface area (Å²) in [5.41, 5.74) is -0.0530. The average Bonchev–Trinajstić information content (AvgIpc) is 2.12. The van der Waals surface area contributed by atoms with Gasteiger partial charge in [0.2, 0.25) is 0 Å². The third kappa shape index (κ3) is 3.30. The molecule has 8 heteroatoms. The summed E-state index contributed by atoms with van der Waals surface area (Å²) in [6.45, 7) is 0. The highest BCUT2D eigenvalue weighted by atomic mass is 27.1. The molecular formula is C7H9AlO7. The molecule has 0 bridgehead atoms. The van der Waals surface area contributed by atoms with Crippen molar-refractivity contribution in [3.8, 4) is 17.2 Å². The van der Waals surface area contributed by atoms with Crippen LogP contribution in [-0.2, 0) is 3.79 Å². The zero-order chi connectivity index (χ0) is 10.0. The van der Waals surface area contributed by atoms with Crippen molar-refractivity contribution in [3.05, 3.63) is 17.7 Å². The molecule has 0 unspecified atom stereocenters. The molecule has 7 nitrogen and oxygen atoms in total. The quantitative estimate of drug-likeness (QED) is 0.393. The van der Waals surface area contributed by atoms with Crippen LogP contribution in [-0.4, -0.2) is 48.9 Å². The minimum Gasteiger partial charge on any atom is -0.625 e. The Hall–Kier alpha value is -1.46. The highest BCUT2D eigenvalue weighted by Crippen LogP contribution is 2.35. The van der Waals surface area contributed by atoms with Gasteiger partial charge in [0.05, 0.1) is 5.56 Å². The Morgan fingerprint density at radius 2 is 1.53 bits per heavy atom. The highest BCUT2D eigenvalue weighted by Gasteiger charge is 2.12. The van der Waals surface area contributed by atoms with Crippen LogP contribution in [0.1, 0.15) is 10.4 Å². The second kappa shape index (κ2) is 6.11. The fourth-order valence-electron chi connectivity index (χ4n) is 0.790. The Morgan fingerprint density at radius 1 is 1.13 bits per heavy atom. The molecule has 1 rings (SSSR count). The zero-order valence-electron chi connectivity index (χ0n) is 7.39. The molecule has 0 amide bonds. The van der Waals surface area contributed by atoms with Gasteiger partial charge in [-0.15, -0.1) is 0 Å². The van der Waals surface area contributed by atoms with Crippen molar-refractivity contribution in [2.45, 2.75) is 0 Å². The molecule has 0 fully saturated rings. The first-order chi connectivity index (χ1) is 6.06. The van der Waals surface area contributed by atoms with Crippen molar-refractivity contribution in [1.82, 2.24) is 0 Å². The number of carbonyl (C=O) groups is 1. The Bertz CT molecular complexity index is 328. The van der Waals surface area contributed by atoms with Crippen molar-refractivity contribution in [2.24, 2.45) is 0 Å². The molecule has 0 aliphatic rings. The Balaban J connectivity index is 0. The molecule has 0 spiro atoms. The normalized spacial score (nSPS) is 8.27. The lowest BCUT2D eigenvalue weighted by Crippen LogP contribution is -2.01. The van der Waals surface area contributed by atoms with E-state index in [0.717, 1.165) is 12.1 Å². The monoisotopic (exact) mass is 232 g/mol.